The van der Waals surface area contributed by atoms with E-state index in [1.54, 1.807) is 33.4 Å². The number of rotatable bonds is 0. The zero-order valence-electron chi connectivity index (χ0n) is 12.8. The standard InChI is InChI=1S/C21H24/c1-4-16-10-12-18-6-2-7-19-13-11-17(5-1)15-21(19)9-3-8-20(18)14-16/h10-15H,1-9H2. The van der Waals surface area contributed by atoms with E-state index in [-0.39, 0.29) is 0 Å². The van der Waals surface area contributed by atoms with Crippen LogP contribution in [0.5, 0.6) is 0 Å². The van der Waals surface area contributed by atoms with Crippen LogP contribution in [0.3, 0.4) is 0 Å². The van der Waals surface area contributed by atoms with Crippen molar-refractivity contribution in [1.82, 2.24) is 0 Å². The van der Waals surface area contributed by atoms with Gasteiger partial charge in [-0.3, -0.25) is 0 Å². The third kappa shape index (κ3) is 2.77. The lowest BCUT2D eigenvalue weighted by Gasteiger charge is -2.18. The third-order valence-electron chi connectivity index (χ3n) is 5.26. The van der Waals surface area contributed by atoms with E-state index in [4.69, 9.17) is 0 Å². The van der Waals surface area contributed by atoms with Gasteiger partial charge in [-0.2, -0.15) is 0 Å². The second-order valence-electron chi connectivity index (χ2n) is 6.77. The highest BCUT2D eigenvalue weighted by Crippen LogP contribution is 2.25. The van der Waals surface area contributed by atoms with Gasteiger partial charge in [0, 0.05) is 0 Å². The van der Waals surface area contributed by atoms with Gasteiger partial charge in [-0.25, -0.2) is 0 Å². The second-order valence-corrected chi connectivity index (χ2v) is 6.77. The summed E-state index contributed by atoms with van der Waals surface area (Å²) in [6.07, 6.45) is 11.3. The Labute approximate surface area is 128 Å². The van der Waals surface area contributed by atoms with Gasteiger partial charge in [0.1, 0.15) is 0 Å². The Morgan fingerprint density at radius 1 is 0.429 bits per heavy atom. The fourth-order valence-electron chi connectivity index (χ4n) is 4.06. The van der Waals surface area contributed by atoms with Gasteiger partial charge < -0.3 is 0 Å². The highest BCUT2D eigenvalue weighted by atomic mass is 14.2. The molecule has 21 heavy (non-hydrogen) atoms. The van der Waals surface area contributed by atoms with Crippen LogP contribution >= 0.6 is 0 Å². The van der Waals surface area contributed by atoms with Gasteiger partial charge in [-0.15, -0.1) is 0 Å². The van der Waals surface area contributed by atoms with Crippen LogP contribution in [-0.4, -0.2) is 0 Å². The van der Waals surface area contributed by atoms with Gasteiger partial charge in [0.15, 0.2) is 0 Å². The molecule has 0 nitrogen and oxygen atoms in total. The summed E-state index contributed by atoms with van der Waals surface area (Å²) in [5, 5.41) is 0. The Hall–Kier alpha value is -1.56. The lowest BCUT2D eigenvalue weighted by molar-refractivity contribution is 0.734. The zero-order valence-corrected chi connectivity index (χ0v) is 12.8. The summed E-state index contributed by atoms with van der Waals surface area (Å²) in [7, 11) is 0. The highest BCUT2D eigenvalue weighted by Gasteiger charge is 2.12. The maximum atomic E-state index is 2.51. The zero-order chi connectivity index (χ0) is 14.1. The van der Waals surface area contributed by atoms with Crippen LogP contribution < -0.4 is 0 Å². The molecule has 2 aromatic rings. The van der Waals surface area contributed by atoms with Crippen molar-refractivity contribution < 1.29 is 0 Å². The predicted octanol–water partition coefficient (Wildman–Crippen LogP) is 4.84. The average Bonchev–Trinajstić information content (AvgIpc) is 2.51. The van der Waals surface area contributed by atoms with Crippen molar-refractivity contribution in [1.29, 1.82) is 0 Å². The van der Waals surface area contributed by atoms with Crippen molar-refractivity contribution in [3.05, 3.63) is 69.8 Å². The Balaban J connectivity index is 1.79. The van der Waals surface area contributed by atoms with Gasteiger partial charge in [-0.05, 0) is 91.2 Å². The van der Waals surface area contributed by atoms with Crippen molar-refractivity contribution in [3.63, 3.8) is 0 Å². The van der Waals surface area contributed by atoms with Crippen LogP contribution in [0.2, 0.25) is 0 Å². The van der Waals surface area contributed by atoms with Crippen LogP contribution in [0.1, 0.15) is 52.6 Å². The smallest absolute Gasteiger partial charge is 0.0273 e. The van der Waals surface area contributed by atoms with E-state index in [0.717, 1.165) is 0 Å². The van der Waals surface area contributed by atoms with Gasteiger partial charge >= 0.3 is 0 Å². The van der Waals surface area contributed by atoms with Crippen molar-refractivity contribution in [2.45, 2.75) is 57.8 Å². The monoisotopic (exact) mass is 276 g/mol. The van der Waals surface area contributed by atoms with E-state index in [1.807, 2.05) is 0 Å². The molecule has 0 spiro atoms. The molecule has 4 rings (SSSR count). The summed E-state index contributed by atoms with van der Waals surface area (Å²) in [4.78, 5) is 0. The molecule has 4 bridgehead atoms. The normalized spacial score (nSPS) is 17.7. The van der Waals surface area contributed by atoms with Gasteiger partial charge in [0.2, 0.25) is 0 Å². The molecule has 0 atom stereocenters. The van der Waals surface area contributed by atoms with E-state index in [1.165, 1.54) is 57.8 Å². The van der Waals surface area contributed by atoms with Crippen molar-refractivity contribution >= 4 is 0 Å². The number of aryl methyl sites for hydroxylation is 6. The molecule has 0 unspecified atom stereocenters. The van der Waals surface area contributed by atoms with Gasteiger partial charge in [0.05, 0.1) is 0 Å². The minimum absolute atomic E-state index is 1.23. The van der Waals surface area contributed by atoms with Crippen molar-refractivity contribution in [2.24, 2.45) is 0 Å². The first-order valence-corrected chi connectivity index (χ1v) is 8.60. The molecule has 0 aromatic heterocycles. The quantitative estimate of drug-likeness (QED) is 0.646. The molecule has 2 aliphatic carbocycles. The SMILES string of the molecule is c1cc2c3cc1CCCc1ccc(c(c1)CCC3)CCC2. The minimum Gasteiger partial charge on any atom is -0.0588 e. The summed E-state index contributed by atoms with van der Waals surface area (Å²) < 4.78 is 0. The predicted molar refractivity (Wildman–Crippen MR) is 89.0 cm³/mol. The van der Waals surface area contributed by atoms with Crippen LogP contribution in [0.25, 0.3) is 0 Å². The molecule has 0 saturated carbocycles. The molecular formula is C21H24. The molecular weight excluding hydrogens is 252 g/mol. The van der Waals surface area contributed by atoms with Crippen molar-refractivity contribution in [2.75, 3.05) is 0 Å². The average molecular weight is 276 g/mol. The van der Waals surface area contributed by atoms with Crippen molar-refractivity contribution in [3.8, 4) is 0 Å². The molecule has 0 N–H and O–H groups in total. The first kappa shape index (κ1) is 13.1. The summed E-state index contributed by atoms with van der Waals surface area (Å²) in [6.45, 7) is 0. The lowest BCUT2D eigenvalue weighted by Crippen LogP contribution is -2.06. The first-order chi connectivity index (χ1) is 10.4. The molecule has 0 amide bonds. The third-order valence-corrected chi connectivity index (χ3v) is 5.26. The molecule has 108 valence electrons. The molecule has 0 saturated heterocycles. The number of benzene rings is 2. The Morgan fingerprint density at radius 3 is 1.38 bits per heavy atom. The van der Waals surface area contributed by atoms with E-state index in [9.17, 15) is 0 Å². The number of hydrogen-bond donors (Lipinski definition) is 0. The maximum Gasteiger partial charge on any atom is -0.0273 e. The summed E-state index contributed by atoms with van der Waals surface area (Å²) in [6, 6.07) is 14.6. The molecule has 0 aliphatic heterocycles. The molecule has 2 aliphatic rings. The Kier molecular flexibility index (Phi) is 3.55. The summed E-state index contributed by atoms with van der Waals surface area (Å²) >= 11 is 0. The van der Waals surface area contributed by atoms with E-state index in [2.05, 4.69) is 36.4 Å². The van der Waals surface area contributed by atoms with E-state index >= 15 is 0 Å². The molecule has 0 heterocycles. The lowest BCUT2D eigenvalue weighted by atomic mass is 9.87. The van der Waals surface area contributed by atoms with Crippen LogP contribution in [0.15, 0.2) is 36.4 Å². The minimum atomic E-state index is 1.23. The molecule has 0 heteroatoms. The summed E-state index contributed by atoms with van der Waals surface area (Å²) in [5.74, 6) is 0. The molecule has 0 radical (unpaired) electrons. The first-order valence-electron chi connectivity index (χ1n) is 8.60. The fraction of sp³-hybridized carbons (Fsp3) is 0.429. The van der Waals surface area contributed by atoms with Gasteiger partial charge in [-0.1, -0.05) is 36.4 Å². The van der Waals surface area contributed by atoms with E-state index in [0.29, 0.717) is 0 Å². The summed E-state index contributed by atoms with van der Waals surface area (Å²) in [5.41, 5.74) is 9.57. The van der Waals surface area contributed by atoms with E-state index < -0.39 is 0 Å². The second kappa shape index (κ2) is 5.67. The topological polar surface area (TPSA) is 0 Å². The van der Waals surface area contributed by atoms with Gasteiger partial charge in [0.25, 0.3) is 0 Å². The van der Waals surface area contributed by atoms with Crippen LogP contribution in [-0.2, 0) is 38.5 Å². The largest absolute Gasteiger partial charge is 0.0588 e. The Morgan fingerprint density at radius 2 is 0.857 bits per heavy atom. The molecule has 2 aromatic carbocycles. The van der Waals surface area contributed by atoms with Crippen LogP contribution in [0.4, 0.5) is 0 Å². The number of fused-ring (bicyclic) bond motifs is 4. The highest BCUT2D eigenvalue weighted by molar-refractivity contribution is 5.36. The van der Waals surface area contributed by atoms with Crippen LogP contribution in [0, 0.1) is 0 Å². The Bertz CT molecular complexity index is 596. The maximum absolute atomic E-state index is 2.51. The molecule has 0 fully saturated rings. The number of hydrogen-bond acceptors (Lipinski definition) is 0. The fourth-order valence-corrected chi connectivity index (χ4v) is 4.06.